The first kappa shape index (κ1) is 24.9. The molecule has 0 saturated carbocycles. The molecule has 12 heteroatoms. The molecule has 11 nitrogen and oxygen atoms in total. The number of carbonyl (C=O) groups is 3. The maximum Gasteiger partial charge on any atom is 0.238 e. The van der Waals surface area contributed by atoms with Gasteiger partial charge in [0.15, 0.2) is 17.3 Å². The lowest BCUT2D eigenvalue weighted by atomic mass is 9.70. The van der Waals surface area contributed by atoms with Crippen LogP contribution in [0.3, 0.4) is 0 Å². The summed E-state index contributed by atoms with van der Waals surface area (Å²) in [5.41, 5.74) is -2.31. The van der Waals surface area contributed by atoms with E-state index in [4.69, 9.17) is 9.88 Å². The zero-order valence-electron chi connectivity index (χ0n) is 19.6. The molecule has 6 N–H and O–H groups in total. The Morgan fingerprint density at radius 3 is 2.31 bits per heavy atom. The summed E-state index contributed by atoms with van der Waals surface area (Å²) in [5, 5.41) is 39.3. The molecule has 2 aromatic rings. The SMILES string of the molecule is CC(=O)c1c(O)c(C)c(O)c2c1OC1=CC(=O)C(=C(C)Nc3ccc(S(N)(=O)=O)cc3O)C(=O)[C@@]12C. The second-order valence-corrected chi connectivity index (χ2v) is 10.3. The lowest BCUT2D eigenvalue weighted by Crippen LogP contribution is -2.40. The molecule has 0 amide bonds. The van der Waals surface area contributed by atoms with Crippen molar-refractivity contribution in [1.29, 1.82) is 0 Å². The van der Waals surface area contributed by atoms with Crippen LogP contribution in [0.4, 0.5) is 5.69 Å². The van der Waals surface area contributed by atoms with E-state index < -0.39 is 50.0 Å². The quantitative estimate of drug-likeness (QED) is 0.174. The molecule has 1 aliphatic carbocycles. The fourth-order valence-electron chi connectivity index (χ4n) is 4.42. The standard InChI is InChI=1S/C24H22N2O9S/c1-9-20(30)18(11(3)27)22-19(21(9)31)24(4)16(35-22)8-15(29)17(23(24)32)10(2)26-13-6-5-12(7-14(13)28)36(25,33)34/h5-8,26,28,30-31H,1-4H3,(H2,25,33,34)/t24-/m0/s1. The number of hydrogen-bond acceptors (Lipinski definition) is 10. The third-order valence-electron chi connectivity index (χ3n) is 6.38. The number of rotatable bonds is 4. The molecule has 0 unspecified atom stereocenters. The Morgan fingerprint density at radius 1 is 1.11 bits per heavy atom. The number of carbonyl (C=O) groups excluding carboxylic acids is 3. The minimum Gasteiger partial charge on any atom is -0.507 e. The smallest absolute Gasteiger partial charge is 0.238 e. The molecule has 0 saturated heterocycles. The molecular weight excluding hydrogens is 492 g/mol. The molecule has 1 aliphatic heterocycles. The van der Waals surface area contributed by atoms with Crippen LogP contribution in [0.2, 0.25) is 0 Å². The van der Waals surface area contributed by atoms with E-state index in [0.29, 0.717) is 0 Å². The number of hydrogen-bond donors (Lipinski definition) is 5. The Morgan fingerprint density at radius 2 is 1.75 bits per heavy atom. The molecule has 36 heavy (non-hydrogen) atoms. The van der Waals surface area contributed by atoms with Gasteiger partial charge in [-0.15, -0.1) is 0 Å². The monoisotopic (exact) mass is 514 g/mol. The number of allylic oxidation sites excluding steroid dienone is 4. The number of phenolic OH excluding ortho intramolecular Hbond substituents is 3. The van der Waals surface area contributed by atoms with E-state index in [-0.39, 0.29) is 50.1 Å². The van der Waals surface area contributed by atoms with Crippen molar-refractivity contribution in [1.82, 2.24) is 0 Å². The lowest BCUT2D eigenvalue weighted by Gasteiger charge is -2.29. The molecule has 4 rings (SSSR count). The summed E-state index contributed by atoms with van der Waals surface area (Å²) in [5.74, 6) is -3.84. The fourth-order valence-corrected chi connectivity index (χ4v) is 4.95. The highest BCUT2D eigenvalue weighted by Gasteiger charge is 2.56. The summed E-state index contributed by atoms with van der Waals surface area (Å²) < 4.78 is 28.7. The van der Waals surface area contributed by atoms with Crippen LogP contribution in [0.5, 0.6) is 23.0 Å². The van der Waals surface area contributed by atoms with Crippen molar-refractivity contribution in [2.45, 2.75) is 38.0 Å². The largest absolute Gasteiger partial charge is 0.507 e. The molecule has 188 valence electrons. The maximum atomic E-state index is 13.8. The molecule has 1 atom stereocenters. The third-order valence-corrected chi connectivity index (χ3v) is 7.29. The lowest BCUT2D eigenvalue weighted by molar-refractivity contribution is -0.123. The zero-order valence-corrected chi connectivity index (χ0v) is 20.4. The van der Waals surface area contributed by atoms with E-state index in [0.717, 1.165) is 18.2 Å². The van der Waals surface area contributed by atoms with Gasteiger partial charge in [0.2, 0.25) is 10.0 Å². The van der Waals surface area contributed by atoms with Gasteiger partial charge in [-0.2, -0.15) is 0 Å². The topological polar surface area (TPSA) is 193 Å². The number of primary sulfonamides is 1. The minimum atomic E-state index is -4.07. The number of ketones is 3. The van der Waals surface area contributed by atoms with Gasteiger partial charge in [0.1, 0.15) is 39.7 Å². The highest BCUT2D eigenvalue weighted by atomic mass is 32.2. The summed E-state index contributed by atoms with van der Waals surface area (Å²) in [6.45, 7) is 5.39. The third kappa shape index (κ3) is 3.45. The van der Waals surface area contributed by atoms with Crippen molar-refractivity contribution in [3.63, 3.8) is 0 Å². The second-order valence-electron chi connectivity index (χ2n) is 8.74. The van der Waals surface area contributed by atoms with Gasteiger partial charge in [-0.3, -0.25) is 14.4 Å². The van der Waals surface area contributed by atoms with Crippen molar-refractivity contribution in [3.8, 4) is 23.0 Å². The molecule has 0 spiro atoms. The summed E-state index contributed by atoms with van der Waals surface area (Å²) in [6, 6.07) is 3.26. The Bertz CT molecular complexity index is 1590. The summed E-state index contributed by atoms with van der Waals surface area (Å²) in [7, 11) is -4.07. The molecule has 2 aliphatic rings. The number of nitrogens with two attached hydrogens (primary N) is 1. The van der Waals surface area contributed by atoms with Gasteiger partial charge >= 0.3 is 0 Å². The van der Waals surface area contributed by atoms with Crippen molar-refractivity contribution in [3.05, 3.63) is 58.0 Å². The number of phenols is 3. The first-order valence-corrected chi connectivity index (χ1v) is 12.1. The van der Waals surface area contributed by atoms with E-state index in [2.05, 4.69) is 5.32 Å². The van der Waals surface area contributed by atoms with E-state index in [1.165, 1.54) is 33.8 Å². The van der Waals surface area contributed by atoms with Gasteiger partial charge in [0.05, 0.1) is 21.7 Å². The molecule has 0 fully saturated rings. The molecule has 0 radical (unpaired) electrons. The minimum absolute atomic E-state index is 0.00141. The van der Waals surface area contributed by atoms with Crippen LogP contribution < -0.4 is 15.2 Å². The number of benzene rings is 2. The van der Waals surface area contributed by atoms with Crippen LogP contribution in [-0.2, 0) is 25.0 Å². The van der Waals surface area contributed by atoms with Gasteiger partial charge in [-0.1, -0.05) is 0 Å². The van der Waals surface area contributed by atoms with Crippen molar-refractivity contribution < 1.29 is 42.9 Å². The van der Waals surface area contributed by atoms with Gasteiger partial charge in [-0.25, -0.2) is 13.6 Å². The Balaban J connectivity index is 1.87. The molecule has 2 aromatic carbocycles. The second kappa shape index (κ2) is 7.93. The Hall–Kier alpha value is -4.16. The Kier molecular flexibility index (Phi) is 5.50. The molecule has 0 bridgehead atoms. The van der Waals surface area contributed by atoms with Crippen LogP contribution in [0.25, 0.3) is 0 Å². The predicted octanol–water partition coefficient (Wildman–Crippen LogP) is 2.03. The van der Waals surface area contributed by atoms with Gasteiger partial charge in [-0.05, 0) is 39.8 Å². The highest BCUT2D eigenvalue weighted by molar-refractivity contribution is 7.89. The molecule has 1 heterocycles. The van der Waals surface area contributed by atoms with Crippen molar-refractivity contribution in [2.75, 3.05) is 5.32 Å². The average molecular weight is 515 g/mol. The normalized spacial score (nSPS) is 20.3. The van der Waals surface area contributed by atoms with Crippen LogP contribution in [0.15, 0.2) is 46.2 Å². The van der Waals surface area contributed by atoms with E-state index in [1.807, 2.05) is 0 Å². The maximum absolute atomic E-state index is 13.8. The average Bonchev–Trinajstić information content (AvgIpc) is 3.05. The van der Waals surface area contributed by atoms with Gasteiger partial charge in [0, 0.05) is 23.4 Å². The summed E-state index contributed by atoms with van der Waals surface area (Å²) >= 11 is 0. The number of aromatic hydroxyl groups is 3. The van der Waals surface area contributed by atoms with Crippen LogP contribution in [0.1, 0.15) is 42.3 Å². The number of sulfonamides is 1. The van der Waals surface area contributed by atoms with Crippen molar-refractivity contribution >= 4 is 33.1 Å². The van der Waals surface area contributed by atoms with Crippen LogP contribution in [-0.4, -0.2) is 41.1 Å². The highest BCUT2D eigenvalue weighted by Crippen LogP contribution is 2.57. The zero-order chi connectivity index (χ0) is 26.9. The molecular formula is C24H22N2O9S. The molecule has 0 aromatic heterocycles. The fraction of sp³-hybridized carbons (Fsp3) is 0.208. The van der Waals surface area contributed by atoms with E-state index >= 15 is 0 Å². The Labute approximate surface area is 205 Å². The van der Waals surface area contributed by atoms with E-state index in [9.17, 15) is 38.1 Å². The first-order chi connectivity index (χ1) is 16.6. The summed E-state index contributed by atoms with van der Waals surface area (Å²) in [4.78, 5) is 38.7. The number of Topliss-reactive ketones (excluding diaryl/α,β-unsaturated/α-hetero) is 2. The first-order valence-electron chi connectivity index (χ1n) is 10.5. The van der Waals surface area contributed by atoms with Crippen molar-refractivity contribution in [2.24, 2.45) is 5.14 Å². The number of ether oxygens (including phenoxy) is 1. The van der Waals surface area contributed by atoms with Gasteiger partial charge < -0.3 is 25.4 Å². The summed E-state index contributed by atoms with van der Waals surface area (Å²) in [6.07, 6.45) is 1.06. The number of anilines is 1. The van der Waals surface area contributed by atoms with Crippen LogP contribution >= 0.6 is 0 Å². The van der Waals surface area contributed by atoms with Gasteiger partial charge in [0.25, 0.3) is 0 Å². The predicted molar refractivity (Wildman–Crippen MR) is 126 cm³/mol. The number of nitrogens with one attached hydrogen (secondary N) is 1. The van der Waals surface area contributed by atoms with E-state index in [1.54, 1.807) is 0 Å². The van der Waals surface area contributed by atoms with Crippen LogP contribution in [0, 0.1) is 6.92 Å². The number of fused-ring (bicyclic) bond motifs is 3.